The number of ether oxygens (including phenoxy) is 2. The van der Waals surface area contributed by atoms with Gasteiger partial charge in [-0.3, -0.25) is 9.10 Å². The van der Waals surface area contributed by atoms with E-state index >= 15 is 0 Å². The predicted molar refractivity (Wildman–Crippen MR) is 137 cm³/mol. The number of benzene rings is 3. The Morgan fingerprint density at radius 2 is 1.75 bits per heavy atom. The minimum atomic E-state index is -4.02. The summed E-state index contributed by atoms with van der Waals surface area (Å²) in [5, 5.41) is 3.94. The monoisotopic (exact) mass is 509 g/mol. The Morgan fingerprint density at radius 3 is 2.47 bits per heavy atom. The van der Waals surface area contributed by atoms with Crippen LogP contribution in [0.2, 0.25) is 0 Å². The molecule has 3 aromatic rings. The third-order valence-corrected chi connectivity index (χ3v) is 6.87. The standard InChI is InChI=1S/C26H27N3O6S/c1-19-12-13-20(2)24(14-19)29(36(32,33)23-10-5-4-6-11-23)17-25(30)28-27-16-21-8-7-9-22(15-21)35-18-26(31)34-3/h4-16H,17-18H2,1-3H3,(H,28,30)/b27-16+. The van der Waals surface area contributed by atoms with Crippen molar-refractivity contribution < 1.29 is 27.5 Å². The summed E-state index contributed by atoms with van der Waals surface area (Å²) in [7, 11) is -2.75. The maximum atomic E-state index is 13.5. The van der Waals surface area contributed by atoms with Crippen LogP contribution in [0.15, 0.2) is 82.8 Å². The normalized spacial score (nSPS) is 11.2. The van der Waals surface area contributed by atoms with Crippen LogP contribution in [0.25, 0.3) is 0 Å². The Morgan fingerprint density at radius 1 is 1.00 bits per heavy atom. The number of carbonyl (C=O) groups excluding carboxylic acids is 2. The first-order valence-electron chi connectivity index (χ1n) is 11.0. The number of carbonyl (C=O) groups is 2. The van der Waals surface area contributed by atoms with Crippen molar-refractivity contribution in [3.63, 3.8) is 0 Å². The molecule has 10 heteroatoms. The zero-order valence-corrected chi connectivity index (χ0v) is 21.0. The number of aryl methyl sites for hydroxylation is 2. The van der Waals surface area contributed by atoms with E-state index in [-0.39, 0.29) is 11.5 Å². The number of rotatable bonds is 10. The van der Waals surface area contributed by atoms with Crippen LogP contribution in [-0.4, -0.2) is 46.8 Å². The van der Waals surface area contributed by atoms with E-state index < -0.39 is 28.4 Å². The molecule has 1 N–H and O–H groups in total. The zero-order valence-electron chi connectivity index (χ0n) is 20.2. The van der Waals surface area contributed by atoms with Gasteiger partial charge in [0, 0.05) is 0 Å². The molecule has 0 aliphatic rings. The van der Waals surface area contributed by atoms with E-state index in [1.165, 1.54) is 25.5 Å². The highest BCUT2D eigenvalue weighted by atomic mass is 32.2. The Labute approximate surface area is 210 Å². The molecule has 0 aromatic heterocycles. The summed E-state index contributed by atoms with van der Waals surface area (Å²) in [6, 6.07) is 20.1. The molecule has 0 heterocycles. The van der Waals surface area contributed by atoms with Gasteiger partial charge in [0.25, 0.3) is 15.9 Å². The molecule has 3 rings (SSSR count). The second kappa shape index (κ2) is 12.0. The van der Waals surface area contributed by atoms with Gasteiger partial charge in [0.2, 0.25) is 0 Å². The van der Waals surface area contributed by atoms with Crippen molar-refractivity contribution in [3.8, 4) is 5.75 Å². The Kier molecular flexibility index (Phi) is 8.80. The number of sulfonamides is 1. The number of amides is 1. The quantitative estimate of drug-likeness (QED) is 0.255. The van der Waals surface area contributed by atoms with E-state index in [1.54, 1.807) is 55.5 Å². The average molecular weight is 510 g/mol. The van der Waals surface area contributed by atoms with Crippen molar-refractivity contribution in [2.45, 2.75) is 18.7 Å². The molecule has 0 fully saturated rings. The van der Waals surface area contributed by atoms with E-state index in [9.17, 15) is 18.0 Å². The van der Waals surface area contributed by atoms with Crippen molar-refractivity contribution >= 4 is 33.8 Å². The van der Waals surface area contributed by atoms with E-state index in [0.29, 0.717) is 22.6 Å². The number of esters is 1. The van der Waals surface area contributed by atoms with Crippen molar-refractivity contribution in [3.05, 3.63) is 89.5 Å². The number of nitrogens with zero attached hydrogens (tertiary/aromatic N) is 2. The molecule has 0 spiro atoms. The molecule has 0 aliphatic carbocycles. The van der Waals surface area contributed by atoms with Crippen LogP contribution in [0.4, 0.5) is 5.69 Å². The number of anilines is 1. The van der Waals surface area contributed by atoms with Crippen LogP contribution in [0.1, 0.15) is 16.7 Å². The lowest BCUT2D eigenvalue weighted by Gasteiger charge is -2.25. The van der Waals surface area contributed by atoms with Crippen molar-refractivity contribution in [1.29, 1.82) is 0 Å². The number of methoxy groups -OCH3 is 1. The molecule has 0 saturated carbocycles. The van der Waals surface area contributed by atoms with E-state index in [2.05, 4.69) is 15.3 Å². The molecular formula is C26H27N3O6S. The smallest absolute Gasteiger partial charge is 0.343 e. The van der Waals surface area contributed by atoms with Gasteiger partial charge in [-0.05, 0) is 60.9 Å². The van der Waals surface area contributed by atoms with E-state index in [4.69, 9.17) is 4.74 Å². The second-order valence-corrected chi connectivity index (χ2v) is 9.71. The molecule has 3 aromatic carbocycles. The van der Waals surface area contributed by atoms with Crippen LogP contribution < -0.4 is 14.5 Å². The summed E-state index contributed by atoms with van der Waals surface area (Å²) in [5.74, 6) is -0.712. The molecule has 36 heavy (non-hydrogen) atoms. The summed E-state index contributed by atoms with van der Waals surface area (Å²) in [6.07, 6.45) is 1.39. The molecule has 0 atom stereocenters. The minimum absolute atomic E-state index is 0.0750. The molecule has 188 valence electrons. The van der Waals surface area contributed by atoms with Crippen LogP contribution in [0, 0.1) is 13.8 Å². The van der Waals surface area contributed by atoms with Gasteiger partial charge in [-0.1, -0.05) is 42.5 Å². The fourth-order valence-corrected chi connectivity index (χ4v) is 4.74. The van der Waals surface area contributed by atoms with Gasteiger partial charge in [0.1, 0.15) is 12.3 Å². The molecular weight excluding hydrogens is 482 g/mol. The maximum Gasteiger partial charge on any atom is 0.343 e. The van der Waals surface area contributed by atoms with Gasteiger partial charge in [-0.25, -0.2) is 18.6 Å². The van der Waals surface area contributed by atoms with Gasteiger partial charge in [0.05, 0.1) is 23.9 Å². The first-order chi connectivity index (χ1) is 17.2. The Bertz CT molecular complexity index is 1360. The minimum Gasteiger partial charge on any atom is -0.482 e. The maximum absolute atomic E-state index is 13.5. The highest BCUT2D eigenvalue weighted by molar-refractivity contribution is 7.92. The number of nitrogens with one attached hydrogen (secondary N) is 1. The van der Waals surface area contributed by atoms with Gasteiger partial charge in [0.15, 0.2) is 6.61 Å². The molecule has 0 radical (unpaired) electrons. The zero-order chi connectivity index (χ0) is 26.1. The van der Waals surface area contributed by atoms with E-state index in [0.717, 1.165) is 9.87 Å². The number of hydrazone groups is 1. The summed E-state index contributed by atoms with van der Waals surface area (Å²) < 4.78 is 37.9. The lowest BCUT2D eigenvalue weighted by Crippen LogP contribution is -2.40. The van der Waals surface area contributed by atoms with Crippen molar-refractivity contribution in [2.75, 3.05) is 24.6 Å². The largest absolute Gasteiger partial charge is 0.482 e. The first-order valence-corrected chi connectivity index (χ1v) is 12.4. The molecule has 0 aliphatic heterocycles. The van der Waals surface area contributed by atoms with Gasteiger partial charge < -0.3 is 9.47 Å². The lowest BCUT2D eigenvalue weighted by molar-refractivity contribution is -0.142. The first kappa shape index (κ1) is 26.4. The fourth-order valence-electron chi connectivity index (χ4n) is 3.24. The van der Waals surface area contributed by atoms with Crippen molar-refractivity contribution in [2.24, 2.45) is 5.10 Å². The summed E-state index contributed by atoms with van der Waals surface area (Å²) in [6.45, 7) is 2.93. The van der Waals surface area contributed by atoms with Crippen LogP contribution in [0.3, 0.4) is 0 Å². The molecule has 0 saturated heterocycles. The van der Waals surface area contributed by atoms with E-state index in [1.807, 2.05) is 19.1 Å². The third kappa shape index (κ3) is 6.92. The van der Waals surface area contributed by atoms with Gasteiger partial charge in [-0.15, -0.1) is 0 Å². The fraction of sp³-hybridized carbons (Fsp3) is 0.192. The number of hydrogen-bond donors (Lipinski definition) is 1. The summed E-state index contributed by atoms with van der Waals surface area (Å²) in [5.41, 5.74) is 4.95. The second-order valence-electron chi connectivity index (χ2n) is 7.85. The van der Waals surface area contributed by atoms with Gasteiger partial charge >= 0.3 is 5.97 Å². The Hall–Kier alpha value is -4.18. The van der Waals surface area contributed by atoms with Crippen LogP contribution >= 0.6 is 0 Å². The molecule has 0 bridgehead atoms. The molecule has 9 nitrogen and oxygen atoms in total. The lowest BCUT2D eigenvalue weighted by atomic mass is 10.1. The Balaban J connectivity index is 1.77. The predicted octanol–water partition coefficient (Wildman–Crippen LogP) is 3.20. The summed E-state index contributed by atoms with van der Waals surface area (Å²) in [4.78, 5) is 24.1. The topological polar surface area (TPSA) is 114 Å². The van der Waals surface area contributed by atoms with Crippen molar-refractivity contribution in [1.82, 2.24) is 5.43 Å². The summed E-state index contributed by atoms with van der Waals surface area (Å²) >= 11 is 0. The number of hydrogen-bond acceptors (Lipinski definition) is 7. The van der Waals surface area contributed by atoms with Crippen LogP contribution in [-0.2, 0) is 24.3 Å². The highest BCUT2D eigenvalue weighted by Gasteiger charge is 2.28. The van der Waals surface area contributed by atoms with Crippen LogP contribution in [0.5, 0.6) is 5.75 Å². The molecule has 1 amide bonds. The molecule has 0 unspecified atom stereocenters. The SMILES string of the molecule is COC(=O)COc1cccc(/C=N/NC(=O)CN(c2cc(C)ccc2C)S(=O)(=O)c2ccccc2)c1. The average Bonchev–Trinajstić information content (AvgIpc) is 2.88. The highest BCUT2D eigenvalue weighted by Crippen LogP contribution is 2.27. The third-order valence-electron chi connectivity index (χ3n) is 5.10. The van der Waals surface area contributed by atoms with Gasteiger partial charge in [-0.2, -0.15) is 5.10 Å².